The highest BCUT2D eigenvalue weighted by Gasteiger charge is 2.23. The second-order valence-corrected chi connectivity index (χ2v) is 10.8. The molecule has 0 heterocycles. The minimum Gasteiger partial charge on any atom is -0.490 e. The SMILES string of the molecule is CC(=O)OC[C@H](COc1c(Cl)cc(S(=O)(=O)c2ccc(OCC(CCl)OC(C)=O)cc2)cc1Cl)OC(C)=O. The first-order valence-corrected chi connectivity index (χ1v) is 13.7. The van der Waals surface area contributed by atoms with Crippen molar-refractivity contribution < 1.29 is 46.5 Å². The lowest BCUT2D eigenvalue weighted by Crippen LogP contribution is -2.30. The number of carbonyl (C=O) groups is 3. The Balaban J connectivity index is 2.15. The largest absolute Gasteiger partial charge is 0.490 e. The van der Waals surface area contributed by atoms with Crippen LogP contribution in [-0.2, 0) is 38.4 Å². The van der Waals surface area contributed by atoms with Crippen molar-refractivity contribution in [1.29, 1.82) is 0 Å². The van der Waals surface area contributed by atoms with Crippen LogP contribution in [0, 0.1) is 0 Å². The Bertz CT molecular complexity index is 1230. The standard InChI is InChI=1S/C24H25Cl3O10S/c1-14(28)33-12-19(37-16(3)30)13-35-24-22(26)8-21(9-23(24)27)38(31,32)20-6-4-17(5-7-20)34-11-18(10-25)36-15(2)29/h4-9,18-19H,10-13H2,1-3H3/t18?,19-/m1/s1. The van der Waals surface area contributed by atoms with Crippen molar-refractivity contribution in [3.63, 3.8) is 0 Å². The van der Waals surface area contributed by atoms with Gasteiger partial charge < -0.3 is 23.7 Å². The predicted octanol–water partition coefficient (Wildman–Crippen LogP) is 4.25. The van der Waals surface area contributed by atoms with Gasteiger partial charge in [-0.3, -0.25) is 14.4 Å². The molecule has 0 aliphatic rings. The van der Waals surface area contributed by atoms with Gasteiger partial charge in [0.1, 0.15) is 31.7 Å². The number of carbonyl (C=O) groups excluding carboxylic acids is 3. The van der Waals surface area contributed by atoms with Gasteiger partial charge in [-0.05, 0) is 36.4 Å². The quantitative estimate of drug-likeness (QED) is 0.184. The summed E-state index contributed by atoms with van der Waals surface area (Å²) >= 11 is 18.3. The minimum absolute atomic E-state index is 0.0129. The molecule has 2 atom stereocenters. The fourth-order valence-electron chi connectivity index (χ4n) is 2.95. The van der Waals surface area contributed by atoms with Crippen molar-refractivity contribution in [2.45, 2.75) is 42.8 Å². The normalized spacial score (nSPS) is 12.7. The smallest absolute Gasteiger partial charge is 0.303 e. The highest BCUT2D eigenvalue weighted by atomic mass is 35.5. The molecule has 0 saturated heterocycles. The Kier molecular flexibility index (Phi) is 12.0. The molecule has 0 bridgehead atoms. The van der Waals surface area contributed by atoms with E-state index in [9.17, 15) is 22.8 Å². The molecular weight excluding hydrogens is 587 g/mol. The van der Waals surface area contributed by atoms with E-state index in [1.54, 1.807) is 0 Å². The molecule has 0 aliphatic heterocycles. The first-order chi connectivity index (χ1) is 17.8. The topological polar surface area (TPSA) is 132 Å². The van der Waals surface area contributed by atoms with Gasteiger partial charge in [0.2, 0.25) is 9.84 Å². The Labute approximate surface area is 234 Å². The predicted molar refractivity (Wildman–Crippen MR) is 138 cm³/mol. The average Bonchev–Trinajstić information content (AvgIpc) is 2.83. The van der Waals surface area contributed by atoms with Crippen molar-refractivity contribution in [3.8, 4) is 11.5 Å². The third-order valence-electron chi connectivity index (χ3n) is 4.58. The van der Waals surface area contributed by atoms with E-state index in [0.29, 0.717) is 5.75 Å². The van der Waals surface area contributed by atoms with Gasteiger partial charge in [0.15, 0.2) is 11.9 Å². The van der Waals surface area contributed by atoms with Gasteiger partial charge in [-0.25, -0.2) is 8.42 Å². The van der Waals surface area contributed by atoms with Crippen LogP contribution in [0.2, 0.25) is 10.0 Å². The van der Waals surface area contributed by atoms with Gasteiger partial charge >= 0.3 is 17.9 Å². The summed E-state index contributed by atoms with van der Waals surface area (Å²) in [5.74, 6) is -1.37. The lowest BCUT2D eigenvalue weighted by molar-refractivity contribution is -0.158. The van der Waals surface area contributed by atoms with Crippen LogP contribution >= 0.6 is 34.8 Å². The number of benzene rings is 2. The highest BCUT2D eigenvalue weighted by molar-refractivity contribution is 7.91. The van der Waals surface area contributed by atoms with E-state index in [0.717, 1.165) is 0 Å². The van der Waals surface area contributed by atoms with Crippen molar-refractivity contribution >= 4 is 62.5 Å². The fraction of sp³-hybridized carbons (Fsp3) is 0.375. The van der Waals surface area contributed by atoms with E-state index >= 15 is 0 Å². The first kappa shape index (κ1) is 31.5. The molecule has 38 heavy (non-hydrogen) atoms. The van der Waals surface area contributed by atoms with Crippen molar-refractivity contribution in [2.24, 2.45) is 0 Å². The summed E-state index contributed by atoms with van der Waals surface area (Å²) in [6, 6.07) is 7.86. The second kappa shape index (κ2) is 14.4. The summed E-state index contributed by atoms with van der Waals surface area (Å²) in [5, 5.41) is -0.217. The molecule has 0 aromatic heterocycles. The van der Waals surface area contributed by atoms with E-state index in [2.05, 4.69) is 0 Å². The molecule has 0 N–H and O–H groups in total. The summed E-state index contributed by atoms with van der Waals surface area (Å²) in [7, 11) is -4.03. The van der Waals surface area contributed by atoms with Gasteiger partial charge in [0.05, 0.1) is 25.7 Å². The first-order valence-electron chi connectivity index (χ1n) is 11.0. The number of halogens is 3. The van der Waals surface area contributed by atoms with E-state index in [1.165, 1.54) is 57.2 Å². The van der Waals surface area contributed by atoms with E-state index in [-0.39, 0.29) is 51.3 Å². The molecular formula is C24H25Cl3O10S. The summed E-state index contributed by atoms with van der Waals surface area (Å²) in [6.07, 6.45) is -1.60. The highest BCUT2D eigenvalue weighted by Crippen LogP contribution is 2.37. The third kappa shape index (κ3) is 9.54. The number of alkyl halides is 1. The number of rotatable bonds is 13. The Morgan fingerprint density at radius 3 is 1.79 bits per heavy atom. The fourth-order valence-corrected chi connectivity index (χ4v) is 5.14. The van der Waals surface area contributed by atoms with Crippen molar-refractivity contribution in [2.75, 3.05) is 25.7 Å². The van der Waals surface area contributed by atoms with Crippen LogP contribution in [-0.4, -0.2) is 64.2 Å². The maximum atomic E-state index is 13.2. The zero-order valence-corrected chi connectivity index (χ0v) is 23.7. The van der Waals surface area contributed by atoms with Crippen LogP contribution in [0.1, 0.15) is 20.8 Å². The summed E-state index contributed by atoms with van der Waals surface area (Å²) < 4.78 is 52.2. The molecule has 0 radical (unpaired) electrons. The third-order valence-corrected chi connectivity index (χ3v) is 7.23. The molecule has 208 valence electrons. The van der Waals surface area contributed by atoms with Crippen LogP contribution in [0.5, 0.6) is 11.5 Å². The van der Waals surface area contributed by atoms with Gasteiger partial charge in [-0.2, -0.15) is 0 Å². The summed E-state index contributed by atoms with van der Waals surface area (Å²) in [5.41, 5.74) is 0. The van der Waals surface area contributed by atoms with Crippen LogP contribution < -0.4 is 9.47 Å². The van der Waals surface area contributed by atoms with Crippen LogP contribution in [0.4, 0.5) is 0 Å². The molecule has 2 aromatic rings. The van der Waals surface area contributed by atoms with Crippen molar-refractivity contribution in [3.05, 3.63) is 46.4 Å². The molecule has 1 unspecified atom stereocenters. The maximum Gasteiger partial charge on any atom is 0.303 e. The van der Waals surface area contributed by atoms with Gasteiger partial charge in [0, 0.05) is 20.8 Å². The van der Waals surface area contributed by atoms with Crippen molar-refractivity contribution in [1.82, 2.24) is 0 Å². The monoisotopic (exact) mass is 610 g/mol. The lowest BCUT2D eigenvalue weighted by Gasteiger charge is -2.19. The van der Waals surface area contributed by atoms with Gasteiger partial charge in [-0.1, -0.05) is 23.2 Å². The average molecular weight is 612 g/mol. The molecule has 2 aromatic carbocycles. The number of ether oxygens (including phenoxy) is 5. The Morgan fingerprint density at radius 2 is 1.29 bits per heavy atom. The second-order valence-electron chi connectivity index (χ2n) is 7.73. The molecule has 14 heteroatoms. The number of sulfone groups is 1. The zero-order chi connectivity index (χ0) is 28.5. The van der Waals surface area contributed by atoms with Gasteiger partial charge in [-0.15, -0.1) is 11.6 Å². The Morgan fingerprint density at radius 1 is 0.763 bits per heavy atom. The minimum atomic E-state index is -4.03. The van der Waals surface area contributed by atoms with Gasteiger partial charge in [0.25, 0.3) is 0 Å². The zero-order valence-electron chi connectivity index (χ0n) is 20.6. The molecule has 10 nitrogen and oxygen atoms in total. The number of esters is 3. The number of hydrogen-bond donors (Lipinski definition) is 0. The Hall–Kier alpha value is -2.73. The molecule has 0 amide bonds. The maximum absolute atomic E-state index is 13.2. The summed E-state index contributed by atoms with van der Waals surface area (Å²) in [6.45, 7) is 3.10. The summed E-state index contributed by atoms with van der Waals surface area (Å²) in [4.78, 5) is 33.2. The molecule has 0 aliphatic carbocycles. The lowest BCUT2D eigenvalue weighted by atomic mass is 10.3. The van der Waals surface area contributed by atoms with Crippen LogP contribution in [0.3, 0.4) is 0 Å². The molecule has 0 saturated carbocycles. The number of hydrogen-bond acceptors (Lipinski definition) is 10. The van der Waals surface area contributed by atoms with Crippen LogP contribution in [0.15, 0.2) is 46.2 Å². The molecule has 0 fully saturated rings. The van der Waals surface area contributed by atoms with Crippen LogP contribution in [0.25, 0.3) is 0 Å². The van der Waals surface area contributed by atoms with E-state index in [1.807, 2.05) is 0 Å². The van der Waals surface area contributed by atoms with E-state index < -0.39 is 40.0 Å². The molecule has 0 spiro atoms. The van der Waals surface area contributed by atoms with E-state index in [4.69, 9.17) is 58.5 Å². The molecule has 2 rings (SSSR count).